The summed E-state index contributed by atoms with van der Waals surface area (Å²) in [6.45, 7) is 0.288. The molecule has 0 aliphatic rings. The summed E-state index contributed by atoms with van der Waals surface area (Å²) in [6, 6.07) is 10.2. The highest BCUT2D eigenvalue weighted by molar-refractivity contribution is 6.32. The normalized spacial score (nSPS) is 10.1. The molecule has 2 rings (SSSR count). The van der Waals surface area contributed by atoms with Gasteiger partial charge in [-0.25, -0.2) is 9.78 Å². The lowest BCUT2D eigenvalue weighted by molar-refractivity contribution is 0.0690. The fourth-order valence-electron chi connectivity index (χ4n) is 1.36. The fourth-order valence-corrected chi connectivity index (χ4v) is 1.55. The molecule has 0 unspecified atom stereocenters. The van der Waals surface area contributed by atoms with Crippen LogP contribution in [0.2, 0.25) is 5.02 Å². The molecule has 0 radical (unpaired) electrons. The lowest BCUT2D eigenvalue weighted by atomic mass is 10.2. The second-order valence-electron chi connectivity index (χ2n) is 3.58. The molecule has 1 aromatic carbocycles. The van der Waals surface area contributed by atoms with E-state index in [4.69, 9.17) is 21.4 Å². The summed E-state index contributed by atoms with van der Waals surface area (Å²) in [6.07, 6.45) is 1.47. The van der Waals surface area contributed by atoms with Gasteiger partial charge in [0.05, 0.1) is 5.02 Å². The largest absolute Gasteiger partial charge is 0.487 e. The number of hydrogen-bond donors (Lipinski definition) is 1. The van der Waals surface area contributed by atoms with Gasteiger partial charge in [0, 0.05) is 11.8 Å². The molecule has 2 aromatic rings. The van der Waals surface area contributed by atoms with E-state index in [1.807, 2.05) is 12.1 Å². The molecule has 1 N–H and O–H groups in total. The molecule has 0 saturated carbocycles. The zero-order valence-corrected chi connectivity index (χ0v) is 10.1. The predicted octanol–water partition coefficient (Wildman–Crippen LogP) is 3.01. The van der Waals surface area contributed by atoms with E-state index in [1.165, 1.54) is 12.3 Å². The van der Waals surface area contributed by atoms with Crippen LogP contribution in [-0.2, 0) is 6.61 Å². The number of hydrogen-bond acceptors (Lipinski definition) is 3. The van der Waals surface area contributed by atoms with Crippen LogP contribution in [0.3, 0.4) is 0 Å². The molecule has 0 amide bonds. The first-order valence-corrected chi connectivity index (χ1v) is 5.60. The number of nitrogens with zero attached hydrogens (tertiary/aromatic N) is 1. The molecular formula is C13H10ClNO3. The first kappa shape index (κ1) is 12.4. The smallest absolute Gasteiger partial charge is 0.354 e. The van der Waals surface area contributed by atoms with Crippen LogP contribution in [0.25, 0.3) is 0 Å². The number of carbonyl (C=O) groups is 1. The third-order valence-corrected chi connectivity index (χ3v) is 2.59. The number of halogens is 1. The van der Waals surface area contributed by atoms with Gasteiger partial charge in [-0.2, -0.15) is 0 Å². The van der Waals surface area contributed by atoms with Crippen molar-refractivity contribution in [2.45, 2.75) is 6.61 Å². The lowest BCUT2D eigenvalue weighted by Crippen LogP contribution is -2.02. The van der Waals surface area contributed by atoms with Gasteiger partial charge in [-0.15, -0.1) is 0 Å². The Morgan fingerprint density at radius 1 is 1.28 bits per heavy atom. The van der Waals surface area contributed by atoms with Crippen molar-refractivity contribution < 1.29 is 14.6 Å². The average molecular weight is 264 g/mol. The van der Waals surface area contributed by atoms with Crippen molar-refractivity contribution in [1.82, 2.24) is 4.98 Å². The first-order valence-electron chi connectivity index (χ1n) is 5.22. The minimum atomic E-state index is -1.05. The van der Waals surface area contributed by atoms with Crippen LogP contribution in [0.1, 0.15) is 16.1 Å². The molecule has 0 aliphatic heterocycles. The summed E-state index contributed by atoms with van der Waals surface area (Å²) in [7, 11) is 0. The number of aromatic carboxylic acids is 1. The van der Waals surface area contributed by atoms with E-state index < -0.39 is 5.97 Å². The van der Waals surface area contributed by atoms with Gasteiger partial charge >= 0.3 is 5.97 Å². The van der Waals surface area contributed by atoms with Gasteiger partial charge in [0.25, 0.3) is 0 Å². The molecule has 92 valence electrons. The van der Waals surface area contributed by atoms with Crippen molar-refractivity contribution >= 4 is 17.6 Å². The van der Waals surface area contributed by atoms with Crippen molar-refractivity contribution in [3.05, 3.63) is 58.9 Å². The lowest BCUT2D eigenvalue weighted by Gasteiger charge is -2.07. The maximum atomic E-state index is 10.6. The van der Waals surface area contributed by atoms with Gasteiger partial charge in [0.2, 0.25) is 0 Å². The van der Waals surface area contributed by atoms with Gasteiger partial charge in [-0.1, -0.05) is 29.8 Å². The number of carboxylic acid groups (broad SMARTS) is 1. The van der Waals surface area contributed by atoms with Crippen LogP contribution in [0.4, 0.5) is 0 Å². The fraction of sp³-hybridized carbons (Fsp3) is 0.0769. The first-order chi connectivity index (χ1) is 8.66. The molecule has 1 heterocycles. The molecule has 0 aliphatic carbocycles. The SMILES string of the molecule is O=C(O)c1ccc(COc2ccccc2Cl)cn1. The molecule has 0 fully saturated rings. The minimum absolute atomic E-state index is 0.0106. The van der Waals surface area contributed by atoms with Crippen molar-refractivity contribution in [3.63, 3.8) is 0 Å². The molecule has 18 heavy (non-hydrogen) atoms. The zero-order valence-electron chi connectivity index (χ0n) is 9.34. The number of aromatic nitrogens is 1. The van der Waals surface area contributed by atoms with Crippen LogP contribution >= 0.6 is 11.6 Å². The molecule has 0 spiro atoms. The maximum Gasteiger partial charge on any atom is 0.354 e. The standard InChI is InChI=1S/C13H10ClNO3/c14-10-3-1-2-4-12(10)18-8-9-5-6-11(13(16)17)15-7-9/h1-7H,8H2,(H,16,17). The number of carboxylic acids is 1. The van der Waals surface area contributed by atoms with Crippen LogP contribution in [0.15, 0.2) is 42.6 Å². The average Bonchev–Trinajstić information content (AvgIpc) is 2.38. The topological polar surface area (TPSA) is 59.4 Å². The van der Waals surface area contributed by atoms with E-state index in [2.05, 4.69) is 4.98 Å². The van der Waals surface area contributed by atoms with E-state index in [0.717, 1.165) is 5.56 Å². The van der Waals surface area contributed by atoms with Gasteiger partial charge in [0.1, 0.15) is 18.1 Å². The highest BCUT2D eigenvalue weighted by atomic mass is 35.5. The number of ether oxygens (including phenoxy) is 1. The third-order valence-electron chi connectivity index (χ3n) is 2.27. The Bertz CT molecular complexity index is 554. The monoisotopic (exact) mass is 263 g/mol. The predicted molar refractivity (Wildman–Crippen MR) is 67.0 cm³/mol. The van der Waals surface area contributed by atoms with Gasteiger partial charge in [0.15, 0.2) is 0 Å². The van der Waals surface area contributed by atoms with E-state index >= 15 is 0 Å². The molecule has 4 nitrogen and oxygen atoms in total. The van der Waals surface area contributed by atoms with E-state index in [1.54, 1.807) is 18.2 Å². The highest BCUT2D eigenvalue weighted by Gasteiger charge is 2.04. The van der Waals surface area contributed by atoms with Crippen LogP contribution in [0, 0.1) is 0 Å². The second-order valence-corrected chi connectivity index (χ2v) is 3.98. The maximum absolute atomic E-state index is 10.6. The van der Waals surface area contributed by atoms with Crippen LogP contribution < -0.4 is 4.74 Å². The molecule has 0 bridgehead atoms. The number of pyridine rings is 1. The molecule has 0 atom stereocenters. The Labute approximate surface area is 109 Å². The highest BCUT2D eigenvalue weighted by Crippen LogP contribution is 2.23. The Morgan fingerprint density at radius 3 is 2.67 bits per heavy atom. The summed E-state index contributed by atoms with van der Waals surface area (Å²) in [5, 5.41) is 9.24. The summed E-state index contributed by atoms with van der Waals surface area (Å²) in [5.74, 6) is -0.463. The molecule has 5 heteroatoms. The van der Waals surface area contributed by atoms with Crippen molar-refractivity contribution in [2.75, 3.05) is 0 Å². The molecule has 0 saturated heterocycles. The van der Waals surface area contributed by atoms with Crippen LogP contribution in [0.5, 0.6) is 5.75 Å². The quantitative estimate of drug-likeness (QED) is 0.921. The summed E-state index contributed by atoms with van der Waals surface area (Å²) < 4.78 is 5.50. The summed E-state index contributed by atoms with van der Waals surface area (Å²) in [4.78, 5) is 14.4. The summed E-state index contributed by atoms with van der Waals surface area (Å²) >= 11 is 5.94. The zero-order chi connectivity index (χ0) is 13.0. The third kappa shape index (κ3) is 2.99. The van der Waals surface area contributed by atoms with Crippen LogP contribution in [-0.4, -0.2) is 16.1 Å². The summed E-state index contributed by atoms with van der Waals surface area (Å²) in [5.41, 5.74) is 0.788. The van der Waals surface area contributed by atoms with Gasteiger partial charge < -0.3 is 9.84 Å². The van der Waals surface area contributed by atoms with Gasteiger partial charge in [-0.3, -0.25) is 0 Å². The minimum Gasteiger partial charge on any atom is -0.487 e. The Kier molecular flexibility index (Phi) is 3.79. The van der Waals surface area contributed by atoms with Crippen molar-refractivity contribution in [3.8, 4) is 5.75 Å². The molecular weight excluding hydrogens is 254 g/mol. The Balaban J connectivity index is 2.02. The second kappa shape index (κ2) is 5.51. The Hall–Kier alpha value is -2.07. The van der Waals surface area contributed by atoms with E-state index in [0.29, 0.717) is 10.8 Å². The van der Waals surface area contributed by atoms with Crippen molar-refractivity contribution in [1.29, 1.82) is 0 Å². The molecule has 1 aromatic heterocycles. The number of benzene rings is 1. The number of para-hydroxylation sites is 1. The van der Waals surface area contributed by atoms with Crippen molar-refractivity contribution in [2.24, 2.45) is 0 Å². The Morgan fingerprint density at radius 2 is 2.06 bits per heavy atom. The van der Waals surface area contributed by atoms with E-state index in [-0.39, 0.29) is 12.3 Å². The van der Waals surface area contributed by atoms with E-state index in [9.17, 15) is 4.79 Å². The number of rotatable bonds is 4. The van der Waals surface area contributed by atoms with Gasteiger partial charge in [-0.05, 0) is 18.2 Å².